The lowest BCUT2D eigenvalue weighted by atomic mass is 9.71. The number of nitrogens with zero attached hydrogens (tertiary/aromatic N) is 1. The highest BCUT2D eigenvalue weighted by Gasteiger charge is 2.67. The van der Waals surface area contributed by atoms with Gasteiger partial charge in [0.25, 0.3) is 5.91 Å². The van der Waals surface area contributed by atoms with Gasteiger partial charge in [0.2, 0.25) is 17.7 Å². The number of amides is 4. The number of aromatic nitrogens is 1. The Morgan fingerprint density at radius 3 is 2.75 bits per heavy atom. The van der Waals surface area contributed by atoms with Gasteiger partial charge in [0.1, 0.15) is 23.0 Å². The Kier molecular flexibility index (Phi) is 5.07. The van der Waals surface area contributed by atoms with Crippen LogP contribution in [0.15, 0.2) is 24.3 Å². The van der Waals surface area contributed by atoms with Crippen LogP contribution in [0.25, 0.3) is 10.9 Å². The van der Waals surface area contributed by atoms with Crippen LogP contribution < -0.4 is 20.7 Å². The molecule has 1 aromatic heterocycles. The van der Waals surface area contributed by atoms with E-state index >= 15 is 0 Å². The average Bonchev–Trinajstić information content (AvgIpc) is 3.19. The van der Waals surface area contributed by atoms with E-state index in [9.17, 15) is 24.4 Å². The number of ether oxygens (including phenoxy) is 1. The first-order valence-corrected chi connectivity index (χ1v) is 12.4. The topological polar surface area (TPSA) is 153 Å². The highest BCUT2D eigenvalue weighted by Crippen LogP contribution is 2.58. The van der Waals surface area contributed by atoms with Crippen LogP contribution in [0.1, 0.15) is 42.6 Å². The molecule has 4 amide bonds. The summed E-state index contributed by atoms with van der Waals surface area (Å²) >= 11 is 0. The molecule has 2 heterocycles. The lowest BCUT2D eigenvalue weighted by Gasteiger charge is -2.37. The maximum absolute atomic E-state index is 13.5. The molecule has 6 atom stereocenters. The van der Waals surface area contributed by atoms with Gasteiger partial charge < -0.3 is 20.4 Å². The Morgan fingerprint density at radius 1 is 1.25 bits per heavy atom. The zero-order valence-electron chi connectivity index (χ0n) is 19.8. The molecule has 2 aromatic rings. The highest BCUT2D eigenvalue weighted by molar-refractivity contribution is 6.06. The normalized spacial score (nSPS) is 31.0. The predicted octanol–water partition coefficient (Wildman–Crippen LogP) is 1.38. The van der Waals surface area contributed by atoms with Gasteiger partial charge in [0, 0.05) is 16.8 Å². The highest BCUT2D eigenvalue weighted by atomic mass is 16.5. The first-order chi connectivity index (χ1) is 17.3. The second-order valence-electron chi connectivity index (χ2n) is 10.6. The number of imide groups is 1. The number of fused-ring (bicyclic) bond motifs is 6. The number of methoxy groups -OCH3 is 1. The summed E-state index contributed by atoms with van der Waals surface area (Å²) < 4.78 is 5.37. The van der Waals surface area contributed by atoms with Crippen LogP contribution >= 0.6 is 0 Å². The molecule has 36 heavy (non-hydrogen) atoms. The Bertz CT molecular complexity index is 1340. The molecule has 2 bridgehead atoms. The van der Waals surface area contributed by atoms with Crippen LogP contribution in [0.4, 0.5) is 0 Å². The maximum atomic E-state index is 13.5. The van der Waals surface area contributed by atoms with Crippen molar-refractivity contribution in [3.8, 4) is 11.8 Å². The minimum atomic E-state index is -1.23. The van der Waals surface area contributed by atoms with Crippen molar-refractivity contribution in [2.24, 2.45) is 29.6 Å². The van der Waals surface area contributed by atoms with Crippen LogP contribution in [0.5, 0.6) is 5.75 Å². The van der Waals surface area contributed by atoms with Gasteiger partial charge >= 0.3 is 0 Å². The molecule has 4 aliphatic rings. The quantitative estimate of drug-likeness (QED) is 0.431. The minimum Gasteiger partial charge on any atom is -0.496 e. The van der Waals surface area contributed by atoms with E-state index in [1.807, 2.05) is 12.1 Å². The third kappa shape index (κ3) is 3.45. The summed E-state index contributed by atoms with van der Waals surface area (Å²) in [6, 6.07) is 8.61. The van der Waals surface area contributed by atoms with E-state index in [0.717, 1.165) is 23.7 Å². The van der Waals surface area contributed by atoms with Gasteiger partial charge in [-0.1, -0.05) is 18.9 Å². The number of hydrogen-bond donors (Lipinski definition) is 4. The van der Waals surface area contributed by atoms with Crippen molar-refractivity contribution in [1.29, 1.82) is 5.26 Å². The van der Waals surface area contributed by atoms with E-state index in [0.29, 0.717) is 36.6 Å². The largest absolute Gasteiger partial charge is 0.496 e. The molecular weight excluding hydrogens is 462 g/mol. The Morgan fingerprint density at radius 2 is 2.03 bits per heavy atom. The molecule has 10 nitrogen and oxygen atoms in total. The first kappa shape index (κ1) is 22.6. The summed E-state index contributed by atoms with van der Waals surface area (Å²) in [7, 11) is 1.56. The van der Waals surface area contributed by atoms with Crippen molar-refractivity contribution in [2.45, 2.75) is 43.7 Å². The minimum absolute atomic E-state index is 0.121. The number of hydrogen-bond acceptors (Lipinski definition) is 6. The lowest BCUT2D eigenvalue weighted by molar-refractivity contribution is -0.129. The molecule has 186 valence electrons. The maximum Gasteiger partial charge on any atom is 0.268 e. The molecule has 4 N–H and O–H groups in total. The van der Waals surface area contributed by atoms with Crippen molar-refractivity contribution in [3.63, 3.8) is 0 Å². The summed E-state index contributed by atoms with van der Waals surface area (Å²) in [5.74, 6) is -2.06. The van der Waals surface area contributed by atoms with Gasteiger partial charge in [-0.2, -0.15) is 5.26 Å². The molecule has 3 aliphatic carbocycles. The standard InChI is InChI=1S/C26H27N5O5/c1-36-19-4-2-3-16-14(19)9-18(28-16)22(32)29-17(7-12-5-6-12)23(33)31-26(11-27)10-13-8-15(26)21-20(13)24(34)30-25(21)35/h2-4,9,12-13,15,17,20-21,28H,5-8,10H2,1H3,(H,29,32)(H,31,33)(H,30,34,35)/t13?,15?,17?,20-,21+,26+/m0/s1. The smallest absolute Gasteiger partial charge is 0.268 e. The number of carbonyl (C=O) groups is 4. The van der Waals surface area contributed by atoms with Gasteiger partial charge in [0.05, 0.1) is 25.0 Å². The van der Waals surface area contributed by atoms with Crippen molar-refractivity contribution in [1.82, 2.24) is 20.9 Å². The van der Waals surface area contributed by atoms with Gasteiger partial charge in [0.15, 0.2) is 0 Å². The van der Waals surface area contributed by atoms with E-state index in [4.69, 9.17) is 4.74 Å². The average molecular weight is 490 g/mol. The molecule has 3 saturated carbocycles. The first-order valence-electron chi connectivity index (χ1n) is 12.4. The van der Waals surface area contributed by atoms with Crippen molar-refractivity contribution in [2.75, 3.05) is 7.11 Å². The fraction of sp³-hybridized carbons (Fsp3) is 0.500. The van der Waals surface area contributed by atoms with Crippen molar-refractivity contribution in [3.05, 3.63) is 30.0 Å². The predicted molar refractivity (Wildman–Crippen MR) is 126 cm³/mol. The third-order valence-electron chi connectivity index (χ3n) is 8.48. The summed E-state index contributed by atoms with van der Waals surface area (Å²) in [5.41, 5.74) is -0.180. The number of aromatic amines is 1. The monoisotopic (exact) mass is 489 g/mol. The molecule has 3 unspecified atom stereocenters. The summed E-state index contributed by atoms with van der Waals surface area (Å²) in [4.78, 5) is 54.4. The molecule has 1 aliphatic heterocycles. The van der Waals surface area contributed by atoms with Gasteiger partial charge in [-0.25, -0.2) is 0 Å². The van der Waals surface area contributed by atoms with Crippen LogP contribution in [0, 0.1) is 40.9 Å². The van der Waals surface area contributed by atoms with Crippen LogP contribution in [0.3, 0.4) is 0 Å². The number of rotatable bonds is 7. The molecular formula is C26H27N5O5. The fourth-order valence-corrected chi connectivity index (χ4v) is 6.65. The number of carbonyl (C=O) groups excluding carboxylic acids is 4. The number of H-pyrrole nitrogens is 1. The van der Waals surface area contributed by atoms with E-state index in [2.05, 4.69) is 27.0 Å². The molecule has 0 radical (unpaired) electrons. The SMILES string of the molecule is COc1cccc2[nH]c(C(=O)NC(CC3CC3)C(=O)N[C@@]3(C#N)CC4CC3[C@H]3C(=O)NC(=O)[C@@H]43)cc12. The Balaban J connectivity index is 1.22. The molecule has 1 aromatic carbocycles. The van der Waals surface area contributed by atoms with Crippen LogP contribution in [0.2, 0.25) is 0 Å². The molecule has 10 heteroatoms. The fourth-order valence-electron chi connectivity index (χ4n) is 6.65. The second-order valence-corrected chi connectivity index (χ2v) is 10.6. The third-order valence-corrected chi connectivity index (χ3v) is 8.48. The summed E-state index contributed by atoms with van der Waals surface area (Å²) in [5, 5.41) is 19.1. The number of nitriles is 1. The molecule has 4 fully saturated rings. The van der Waals surface area contributed by atoms with Gasteiger partial charge in [-0.05, 0) is 49.3 Å². The van der Waals surface area contributed by atoms with E-state index in [-0.39, 0.29) is 17.7 Å². The number of benzene rings is 1. The zero-order valence-corrected chi connectivity index (χ0v) is 19.8. The number of nitrogens with one attached hydrogen (secondary N) is 4. The van der Waals surface area contributed by atoms with Crippen LogP contribution in [-0.4, -0.2) is 47.3 Å². The van der Waals surface area contributed by atoms with Crippen molar-refractivity contribution >= 4 is 34.5 Å². The zero-order chi connectivity index (χ0) is 25.2. The van der Waals surface area contributed by atoms with E-state index < -0.39 is 41.1 Å². The van der Waals surface area contributed by atoms with E-state index in [1.165, 1.54) is 0 Å². The van der Waals surface area contributed by atoms with E-state index in [1.54, 1.807) is 19.2 Å². The summed E-state index contributed by atoms with van der Waals surface area (Å²) in [6.07, 6.45) is 3.33. The summed E-state index contributed by atoms with van der Waals surface area (Å²) in [6.45, 7) is 0. The lowest BCUT2D eigenvalue weighted by Crippen LogP contribution is -2.59. The molecule has 1 saturated heterocycles. The molecule has 0 spiro atoms. The Labute approximate surface area is 207 Å². The van der Waals surface area contributed by atoms with Crippen molar-refractivity contribution < 1.29 is 23.9 Å². The van der Waals surface area contributed by atoms with Gasteiger partial charge in [-0.3, -0.25) is 24.5 Å². The molecule has 6 rings (SSSR count). The van der Waals surface area contributed by atoms with Crippen LogP contribution in [-0.2, 0) is 14.4 Å². The second kappa shape index (κ2) is 8.08. The Hall–Kier alpha value is -3.87. The van der Waals surface area contributed by atoms with Gasteiger partial charge in [-0.15, -0.1) is 0 Å².